The molecule has 16 heavy (non-hydrogen) atoms. The van der Waals surface area contributed by atoms with Crippen LogP contribution in [0.2, 0.25) is 0 Å². The summed E-state index contributed by atoms with van der Waals surface area (Å²) in [6.45, 7) is 4.12. The third-order valence-electron chi connectivity index (χ3n) is 2.06. The fraction of sp³-hybridized carbons (Fsp3) is 0.417. The predicted molar refractivity (Wildman–Crippen MR) is 75.3 cm³/mol. The van der Waals surface area contributed by atoms with Crippen LogP contribution in [0, 0.1) is 0 Å². The van der Waals surface area contributed by atoms with Gasteiger partial charge in [0, 0.05) is 31.5 Å². The average Bonchev–Trinajstić information content (AvgIpc) is 2.16. The molecule has 2 N–H and O–H groups in total. The lowest BCUT2D eigenvalue weighted by Crippen LogP contribution is -2.33. The topological polar surface area (TPSA) is 27.3 Å². The normalized spacial score (nSPS) is 10.1. The summed E-state index contributed by atoms with van der Waals surface area (Å²) in [6.07, 6.45) is 0. The Kier molecular flexibility index (Phi) is 4.55. The molecule has 0 atom stereocenters. The van der Waals surface area contributed by atoms with Crippen molar-refractivity contribution in [3.63, 3.8) is 0 Å². The Morgan fingerprint density at radius 2 is 1.75 bits per heavy atom. The van der Waals surface area contributed by atoms with Gasteiger partial charge in [0.25, 0.3) is 0 Å². The molecule has 0 bridgehead atoms. The van der Waals surface area contributed by atoms with Gasteiger partial charge >= 0.3 is 0 Å². The zero-order valence-electron chi connectivity index (χ0n) is 10.2. The molecule has 0 aliphatic carbocycles. The van der Waals surface area contributed by atoms with E-state index in [-0.39, 0.29) is 0 Å². The van der Waals surface area contributed by atoms with Crippen molar-refractivity contribution in [3.05, 3.63) is 24.3 Å². The van der Waals surface area contributed by atoms with E-state index in [0.717, 1.165) is 5.69 Å². The lowest BCUT2D eigenvalue weighted by atomic mass is 10.2. The quantitative estimate of drug-likeness (QED) is 0.790. The molecule has 0 amide bonds. The van der Waals surface area contributed by atoms with Gasteiger partial charge in [0.2, 0.25) is 0 Å². The van der Waals surface area contributed by atoms with E-state index in [2.05, 4.69) is 41.5 Å². The molecule has 0 unspecified atom stereocenters. The van der Waals surface area contributed by atoms with Crippen LogP contribution in [-0.2, 0) is 0 Å². The summed E-state index contributed by atoms with van der Waals surface area (Å²) < 4.78 is 0. The van der Waals surface area contributed by atoms with E-state index >= 15 is 0 Å². The van der Waals surface area contributed by atoms with Crippen molar-refractivity contribution in [2.24, 2.45) is 0 Å². The molecule has 0 aromatic heterocycles. The van der Waals surface area contributed by atoms with Crippen LogP contribution in [0.4, 0.5) is 11.4 Å². The van der Waals surface area contributed by atoms with E-state index < -0.39 is 0 Å². The summed E-state index contributed by atoms with van der Waals surface area (Å²) in [6, 6.07) is 8.49. The summed E-state index contributed by atoms with van der Waals surface area (Å²) >= 11 is 5.16. The molecule has 1 aromatic carbocycles. The maximum Gasteiger partial charge on any atom is 0.170 e. The Morgan fingerprint density at radius 1 is 1.19 bits per heavy atom. The van der Waals surface area contributed by atoms with Gasteiger partial charge in [-0.15, -0.1) is 0 Å². The van der Waals surface area contributed by atoms with Gasteiger partial charge in [-0.2, -0.15) is 0 Å². The Labute approximate surface area is 103 Å². The molecule has 0 aliphatic rings. The first-order chi connectivity index (χ1) is 7.49. The van der Waals surface area contributed by atoms with Crippen molar-refractivity contribution in [3.8, 4) is 0 Å². The fourth-order valence-corrected chi connectivity index (χ4v) is 1.63. The highest BCUT2D eigenvalue weighted by atomic mass is 32.1. The van der Waals surface area contributed by atoms with Gasteiger partial charge in [-0.1, -0.05) is 0 Å². The first-order valence-corrected chi connectivity index (χ1v) is 5.75. The number of benzene rings is 1. The summed E-state index contributed by atoms with van der Waals surface area (Å²) in [4.78, 5) is 2.06. The van der Waals surface area contributed by atoms with E-state index in [0.29, 0.717) is 11.2 Å². The monoisotopic (exact) mass is 237 g/mol. The molecule has 3 nitrogen and oxygen atoms in total. The van der Waals surface area contributed by atoms with Crippen LogP contribution >= 0.6 is 12.2 Å². The second-order valence-electron chi connectivity index (χ2n) is 4.19. The zero-order chi connectivity index (χ0) is 12.1. The molecule has 4 heteroatoms. The van der Waals surface area contributed by atoms with Gasteiger partial charge < -0.3 is 15.5 Å². The summed E-state index contributed by atoms with van der Waals surface area (Å²) in [5.41, 5.74) is 2.18. The molecule has 0 heterocycles. The molecule has 0 radical (unpaired) electrons. The Hall–Kier alpha value is -1.29. The van der Waals surface area contributed by atoms with Crippen molar-refractivity contribution in [1.82, 2.24) is 5.32 Å². The van der Waals surface area contributed by atoms with Crippen LogP contribution in [-0.4, -0.2) is 25.2 Å². The van der Waals surface area contributed by atoms with Gasteiger partial charge in [-0.05, 0) is 50.3 Å². The molecule has 0 aliphatic heterocycles. The highest BCUT2D eigenvalue weighted by Gasteiger charge is 2.00. The highest BCUT2D eigenvalue weighted by Crippen LogP contribution is 2.15. The summed E-state index contributed by atoms with van der Waals surface area (Å²) in [5.74, 6) is 0. The zero-order valence-corrected chi connectivity index (χ0v) is 11.1. The fourth-order valence-electron chi connectivity index (χ4n) is 1.27. The predicted octanol–water partition coefficient (Wildman–Crippen LogP) is 2.45. The minimum Gasteiger partial charge on any atom is -0.378 e. The molecular formula is C12H19N3S. The van der Waals surface area contributed by atoms with Crippen LogP contribution in [0.1, 0.15) is 13.8 Å². The summed E-state index contributed by atoms with van der Waals surface area (Å²) in [5, 5.41) is 6.94. The maximum absolute atomic E-state index is 5.16. The first kappa shape index (κ1) is 12.8. The third-order valence-corrected chi connectivity index (χ3v) is 2.28. The molecule has 0 saturated carbocycles. The molecule has 0 saturated heterocycles. The van der Waals surface area contributed by atoms with Gasteiger partial charge in [0.1, 0.15) is 0 Å². The number of thiocarbonyl (C=S) groups is 1. The van der Waals surface area contributed by atoms with E-state index in [9.17, 15) is 0 Å². The standard InChI is InChI=1S/C12H19N3S/c1-9(2)13-12(16)14-10-5-7-11(8-6-10)15(3)4/h5-9H,1-4H3,(H2,13,14,16). The van der Waals surface area contributed by atoms with Crippen LogP contribution < -0.4 is 15.5 Å². The number of rotatable bonds is 3. The highest BCUT2D eigenvalue weighted by molar-refractivity contribution is 7.80. The van der Waals surface area contributed by atoms with Gasteiger partial charge in [-0.3, -0.25) is 0 Å². The molecular weight excluding hydrogens is 218 g/mol. The SMILES string of the molecule is CC(C)NC(=S)Nc1ccc(N(C)C)cc1. The van der Waals surface area contributed by atoms with Crippen LogP contribution in [0.5, 0.6) is 0 Å². The lowest BCUT2D eigenvalue weighted by Gasteiger charge is -2.15. The van der Waals surface area contributed by atoms with Crippen molar-refractivity contribution < 1.29 is 0 Å². The Bertz CT molecular complexity index is 344. The van der Waals surface area contributed by atoms with Crippen LogP contribution in [0.3, 0.4) is 0 Å². The molecule has 1 rings (SSSR count). The molecule has 88 valence electrons. The van der Waals surface area contributed by atoms with Crippen molar-refractivity contribution in [2.45, 2.75) is 19.9 Å². The van der Waals surface area contributed by atoms with Gasteiger partial charge in [0.15, 0.2) is 5.11 Å². The number of anilines is 2. The average molecular weight is 237 g/mol. The van der Waals surface area contributed by atoms with Crippen LogP contribution in [0.25, 0.3) is 0 Å². The largest absolute Gasteiger partial charge is 0.378 e. The minimum atomic E-state index is 0.348. The van der Waals surface area contributed by atoms with Crippen molar-refractivity contribution in [2.75, 3.05) is 24.3 Å². The van der Waals surface area contributed by atoms with E-state index in [1.807, 2.05) is 26.2 Å². The van der Waals surface area contributed by atoms with Gasteiger partial charge in [0.05, 0.1) is 0 Å². The number of nitrogens with zero attached hydrogens (tertiary/aromatic N) is 1. The van der Waals surface area contributed by atoms with Crippen molar-refractivity contribution in [1.29, 1.82) is 0 Å². The first-order valence-electron chi connectivity index (χ1n) is 5.34. The van der Waals surface area contributed by atoms with E-state index in [1.165, 1.54) is 5.69 Å². The molecule has 1 aromatic rings. The Balaban J connectivity index is 2.58. The van der Waals surface area contributed by atoms with E-state index in [4.69, 9.17) is 12.2 Å². The molecule has 0 spiro atoms. The third kappa shape index (κ3) is 4.06. The maximum atomic E-state index is 5.16. The van der Waals surface area contributed by atoms with Crippen molar-refractivity contribution >= 4 is 28.7 Å². The Morgan fingerprint density at radius 3 is 2.19 bits per heavy atom. The second kappa shape index (κ2) is 5.70. The minimum absolute atomic E-state index is 0.348. The number of nitrogens with one attached hydrogen (secondary N) is 2. The van der Waals surface area contributed by atoms with Crippen LogP contribution in [0.15, 0.2) is 24.3 Å². The van der Waals surface area contributed by atoms with E-state index in [1.54, 1.807) is 0 Å². The smallest absolute Gasteiger partial charge is 0.170 e. The van der Waals surface area contributed by atoms with Gasteiger partial charge in [-0.25, -0.2) is 0 Å². The lowest BCUT2D eigenvalue weighted by molar-refractivity contribution is 0.739. The number of hydrogen-bond donors (Lipinski definition) is 2. The molecule has 0 fully saturated rings. The second-order valence-corrected chi connectivity index (χ2v) is 4.60. The number of hydrogen-bond acceptors (Lipinski definition) is 2. The summed E-state index contributed by atoms with van der Waals surface area (Å²) in [7, 11) is 4.04.